The summed E-state index contributed by atoms with van der Waals surface area (Å²) < 4.78 is 17.9. The first-order chi connectivity index (χ1) is 15.9. The second kappa shape index (κ2) is 9.86. The van der Waals surface area contributed by atoms with Crippen molar-refractivity contribution in [2.24, 2.45) is 0 Å². The maximum Gasteiger partial charge on any atom is 0.253 e. The number of nitrogens with zero attached hydrogens (tertiary/aromatic N) is 1. The molecule has 6 nitrogen and oxygen atoms in total. The molecule has 0 radical (unpaired) electrons. The molecule has 2 aromatic carbocycles. The Bertz CT molecular complexity index is 1020. The highest BCUT2D eigenvalue weighted by Crippen LogP contribution is 2.40. The van der Waals surface area contributed by atoms with Crippen molar-refractivity contribution in [3.8, 4) is 17.2 Å². The molecule has 0 aliphatic carbocycles. The smallest absolute Gasteiger partial charge is 0.253 e. The minimum atomic E-state index is -0.524. The minimum Gasteiger partial charge on any atom is -0.490 e. The summed E-state index contributed by atoms with van der Waals surface area (Å²) >= 11 is 0. The van der Waals surface area contributed by atoms with Gasteiger partial charge in [0.1, 0.15) is 11.4 Å². The molecule has 0 bridgehead atoms. The summed E-state index contributed by atoms with van der Waals surface area (Å²) in [6, 6.07) is 11.2. The van der Waals surface area contributed by atoms with E-state index >= 15 is 0 Å². The van der Waals surface area contributed by atoms with Gasteiger partial charge < -0.3 is 19.1 Å². The molecule has 6 heteroatoms. The predicted octanol–water partition coefficient (Wildman–Crippen LogP) is 5.21. The first kappa shape index (κ1) is 23.1. The summed E-state index contributed by atoms with van der Waals surface area (Å²) in [6.45, 7) is 8.23. The SMILES string of the molecule is CCCCOc1ccc(C(=O)N2CCC3(CC2)CC(=O)c2cc(C)ccc2O3)cc1OCC. The molecule has 0 atom stereocenters. The molecule has 2 heterocycles. The number of Topliss-reactive ketones (excluding diaryl/α,β-unsaturated/α-hetero) is 1. The van der Waals surface area contributed by atoms with Crippen LogP contribution < -0.4 is 14.2 Å². The van der Waals surface area contributed by atoms with Crippen molar-refractivity contribution in [1.82, 2.24) is 4.90 Å². The van der Waals surface area contributed by atoms with Crippen molar-refractivity contribution < 1.29 is 23.8 Å². The highest BCUT2D eigenvalue weighted by atomic mass is 16.5. The summed E-state index contributed by atoms with van der Waals surface area (Å²) in [7, 11) is 0. The molecule has 2 aliphatic heterocycles. The molecule has 33 heavy (non-hydrogen) atoms. The number of aryl methyl sites for hydroxylation is 1. The quantitative estimate of drug-likeness (QED) is 0.541. The lowest BCUT2D eigenvalue weighted by molar-refractivity contribution is -0.00573. The fourth-order valence-corrected chi connectivity index (χ4v) is 4.54. The highest BCUT2D eigenvalue weighted by molar-refractivity contribution is 6.00. The lowest BCUT2D eigenvalue weighted by Gasteiger charge is -2.44. The van der Waals surface area contributed by atoms with Crippen LogP contribution in [0.1, 0.15) is 72.2 Å². The molecule has 4 rings (SSSR count). The van der Waals surface area contributed by atoms with Gasteiger partial charge in [-0.05, 0) is 50.6 Å². The van der Waals surface area contributed by atoms with Crippen molar-refractivity contribution in [1.29, 1.82) is 0 Å². The van der Waals surface area contributed by atoms with Crippen LogP contribution in [0.5, 0.6) is 17.2 Å². The van der Waals surface area contributed by atoms with E-state index in [9.17, 15) is 9.59 Å². The average Bonchev–Trinajstić information content (AvgIpc) is 2.81. The molecular weight excluding hydrogens is 418 g/mol. The van der Waals surface area contributed by atoms with Crippen molar-refractivity contribution in [2.75, 3.05) is 26.3 Å². The molecule has 1 saturated heterocycles. The predicted molar refractivity (Wildman–Crippen MR) is 127 cm³/mol. The number of ketones is 1. The maximum atomic E-state index is 13.2. The van der Waals surface area contributed by atoms with Crippen LogP contribution in [0.2, 0.25) is 0 Å². The third kappa shape index (κ3) is 5.00. The molecular formula is C27H33NO5. The number of hydrogen-bond donors (Lipinski definition) is 0. The third-order valence-corrected chi connectivity index (χ3v) is 6.45. The van der Waals surface area contributed by atoms with E-state index in [0.717, 1.165) is 18.4 Å². The van der Waals surface area contributed by atoms with Gasteiger partial charge in [-0.15, -0.1) is 0 Å². The third-order valence-electron chi connectivity index (χ3n) is 6.45. The first-order valence-electron chi connectivity index (χ1n) is 12.0. The van der Waals surface area contributed by atoms with Gasteiger partial charge in [0.05, 0.1) is 25.2 Å². The largest absolute Gasteiger partial charge is 0.490 e. The highest BCUT2D eigenvalue weighted by Gasteiger charge is 2.43. The second-order valence-corrected chi connectivity index (χ2v) is 8.97. The number of unbranched alkanes of at least 4 members (excludes halogenated alkanes) is 1. The molecule has 1 spiro atoms. The summed E-state index contributed by atoms with van der Waals surface area (Å²) in [5, 5.41) is 0. The molecule has 1 fully saturated rings. The van der Waals surface area contributed by atoms with Crippen LogP contribution in [0.15, 0.2) is 36.4 Å². The zero-order chi connectivity index (χ0) is 23.4. The number of amides is 1. The summed E-state index contributed by atoms with van der Waals surface area (Å²) in [4.78, 5) is 27.8. The van der Waals surface area contributed by atoms with Gasteiger partial charge in [0.15, 0.2) is 17.3 Å². The van der Waals surface area contributed by atoms with Gasteiger partial charge in [0.25, 0.3) is 5.91 Å². The molecule has 2 aromatic rings. The van der Waals surface area contributed by atoms with Crippen LogP contribution in [-0.2, 0) is 0 Å². The van der Waals surface area contributed by atoms with Crippen molar-refractivity contribution in [3.05, 3.63) is 53.1 Å². The Kier molecular flexibility index (Phi) is 6.91. The second-order valence-electron chi connectivity index (χ2n) is 8.97. The van der Waals surface area contributed by atoms with Gasteiger partial charge in [0.2, 0.25) is 0 Å². The molecule has 1 amide bonds. The zero-order valence-electron chi connectivity index (χ0n) is 19.8. The Balaban J connectivity index is 1.43. The number of ether oxygens (including phenoxy) is 3. The van der Waals surface area contributed by atoms with Gasteiger partial charge in [0, 0.05) is 31.5 Å². The van der Waals surface area contributed by atoms with E-state index in [4.69, 9.17) is 14.2 Å². The number of carbonyl (C=O) groups is 2. The Morgan fingerprint density at radius 2 is 1.85 bits per heavy atom. The number of benzene rings is 2. The number of hydrogen-bond acceptors (Lipinski definition) is 5. The van der Waals surface area contributed by atoms with Gasteiger partial charge in [-0.1, -0.05) is 25.0 Å². The van der Waals surface area contributed by atoms with Crippen LogP contribution in [0.25, 0.3) is 0 Å². The summed E-state index contributed by atoms with van der Waals surface area (Å²) in [6.07, 6.45) is 3.65. The molecule has 2 aliphatic rings. The normalized spacial score (nSPS) is 16.8. The Morgan fingerprint density at radius 1 is 1.06 bits per heavy atom. The molecule has 0 N–H and O–H groups in total. The fraction of sp³-hybridized carbons (Fsp3) is 0.481. The molecule has 0 unspecified atom stereocenters. The lowest BCUT2D eigenvalue weighted by atomic mass is 9.82. The van der Waals surface area contributed by atoms with Gasteiger partial charge >= 0.3 is 0 Å². The number of likely N-dealkylation sites (tertiary alicyclic amines) is 1. The van der Waals surface area contributed by atoms with E-state index in [1.165, 1.54) is 0 Å². The molecule has 0 aromatic heterocycles. The van der Waals surface area contributed by atoms with Crippen molar-refractivity contribution in [2.45, 2.75) is 58.5 Å². The first-order valence-corrected chi connectivity index (χ1v) is 12.0. The van der Waals surface area contributed by atoms with Crippen LogP contribution in [-0.4, -0.2) is 48.5 Å². The minimum absolute atomic E-state index is 0.0379. The van der Waals surface area contributed by atoms with Crippen LogP contribution in [0.3, 0.4) is 0 Å². The summed E-state index contributed by atoms with van der Waals surface area (Å²) in [5.74, 6) is 2.02. The van der Waals surface area contributed by atoms with Crippen LogP contribution in [0, 0.1) is 6.92 Å². The molecule has 176 valence electrons. The zero-order valence-corrected chi connectivity index (χ0v) is 19.8. The fourth-order valence-electron chi connectivity index (χ4n) is 4.54. The van der Waals surface area contributed by atoms with Crippen LogP contribution >= 0.6 is 0 Å². The lowest BCUT2D eigenvalue weighted by Crippen LogP contribution is -2.52. The topological polar surface area (TPSA) is 65.1 Å². The van der Waals surface area contributed by atoms with Gasteiger partial charge in [-0.25, -0.2) is 0 Å². The number of carbonyl (C=O) groups excluding carboxylic acids is 2. The average molecular weight is 452 g/mol. The molecule has 0 saturated carbocycles. The Hall–Kier alpha value is -3.02. The Morgan fingerprint density at radius 3 is 2.58 bits per heavy atom. The number of rotatable bonds is 7. The van der Waals surface area contributed by atoms with E-state index in [1.54, 1.807) is 12.1 Å². The Labute approximate surface area is 195 Å². The maximum absolute atomic E-state index is 13.2. The van der Waals surface area contributed by atoms with E-state index in [1.807, 2.05) is 43.0 Å². The number of piperidine rings is 1. The van der Waals surface area contributed by atoms with E-state index < -0.39 is 5.60 Å². The summed E-state index contributed by atoms with van der Waals surface area (Å²) in [5.41, 5.74) is 1.78. The van der Waals surface area contributed by atoms with E-state index in [2.05, 4.69) is 6.92 Å². The van der Waals surface area contributed by atoms with Crippen LogP contribution in [0.4, 0.5) is 0 Å². The number of fused-ring (bicyclic) bond motifs is 1. The van der Waals surface area contributed by atoms with Crippen molar-refractivity contribution in [3.63, 3.8) is 0 Å². The standard InChI is InChI=1S/C27H33NO5/c1-4-6-15-32-24-10-8-20(17-25(24)31-5-2)26(30)28-13-11-27(12-14-28)18-22(29)21-16-19(3)7-9-23(21)33-27/h7-10,16-17H,4-6,11-15,18H2,1-3H3. The van der Waals surface area contributed by atoms with E-state index in [-0.39, 0.29) is 11.7 Å². The van der Waals surface area contributed by atoms with E-state index in [0.29, 0.717) is 73.9 Å². The van der Waals surface area contributed by atoms with Gasteiger partial charge in [-0.2, -0.15) is 0 Å². The van der Waals surface area contributed by atoms with Crippen molar-refractivity contribution >= 4 is 11.7 Å². The monoisotopic (exact) mass is 451 g/mol. The van der Waals surface area contributed by atoms with Gasteiger partial charge in [-0.3, -0.25) is 9.59 Å².